The minimum Gasteiger partial charge on any atom is -0.395 e. The van der Waals surface area contributed by atoms with Gasteiger partial charge in [-0.15, -0.1) is 0 Å². The molecule has 2 N–H and O–H groups in total. The van der Waals surface area contributed by atoms with Gasteiger partial charge in [0.25, 0.3) is 0 Å². The van der Waals surface area contributed by atoms with Crippen molar-refractivity contribution in [1.29, 1.82) is 5.26 Å². The molecule has 0 heterocycles. The van der Waals surface area contributed by atoms with E-state index in [1.807, 2.05) is 6.07 Å². The second-order valence-electron chi connectivity index (χ2n) is 4.21. The number of nitriles is 1. The van der Waals surface area contributed by atoms with Gasteiger partial charge < -0.3 is 5.11 Å². The highest BCUT2D eigenvalue weighted by Crippen LogP contribution is 2.17. The second kappa shape index (κ2) is 5.96. The molecule has 6 heteroatoms. The fourth-order valence-corrected chi connectivity index (χ4v) is 2.73. The summed E-state index contributed by atoms with van der Waals surface area (Å²) >= 11 is 0. The van der Waals surface area contributed by atoms with E-state index in [4.69, 9.17) is 10.4 Å². The van der Waals surface area contributed by atoms with Crippen molar-refractivity contribution in [3.8, 4) is 6.07 Å². The molecule has 0 saturated heterocycles. The highest BCUT2D eigenvalue weighted by Gasteiger charge is 2.16. The summed E-state index contributed by atoms with van der Waals surface area (Å²) in [6.07, 6.45) is 0. The summed E-state index contributed by atoms with van der Waals surface area (Å²) in [6, 6.07) is 7.70. The first-order valence-electron chi connectivity index (χ1n) is 5.53. The standard InChI is InChI=1S/C12H16N2O3S/c1-9(2)14-18(16,17)12-5-3-10(4-6-12)11(7-13)8-15/h3-6,9,11,14-15H,8H2,1-2H3. The van der Waals surface area contributed by atoms with Gasteiger partial charge in [0.05, 0.1) is 23.5 Å². The molecule has 1 aromatic rings. The number of aliphatic hydroxyl groups is 1. The molecule has 0 amide bonds. The Labute approximate surface area is 107 Å². The summed E-state index contributed by atoms with van der Waals surface area (Å²) < 4.78 is 26.1. The zero-order chi connectivity index (χ0) is 13.8. The third-order valence-electron chi connectivity index (χ3n) is 2.32. The molecule has 0 saturated carbocycles. The van der Waals surface area contributed by atoms with Crippen LogP contribution < -0.4 is 4.72 Å². The van der Waals surface area contributed by atoms with Crippen LogP contribution in [0, 0.1) is 11.3 Å². The average molecular weight is 268 g/mol. The number of benzene rings is 1. The van der Waals surface area contributed by atoms with Crippen LogP contribution in [0.3, 0.4) is 0 Å². The number of aliphatic hydroxyl groups excluding tert-OH is 1. The van der Waals surface area contributed by atoms with E-state index in [2.05, 4.69) is 4.72 Å². The van der Waals surface area contributed by atoms with Crippen LogP contribution in [0.2, 0.25) is 0 Å². The minimum absolute atomic E-state index is 0.148. The van der Waals surface area contributed by atoms with E-state index in [-0.39, 0.29) is 17.5 Å². The lowest BCUT2D eigenvalue weighted by molar-refractivity contribution is 0.286. The quantitative estimate of drug-likeness (QED) is 0.832. The predicted molar refractivity (Wildman–Crippen MR) is 67.3 cm³/mol. The molecule has 1 rings (SSSR count). The summed E-state index contributed by atoms with van der Waals surface area (Å²) in [7, 11) is -3.51. The maximum absolute atomic E-state index is 11.8. The molecule has 1 aromatic carbocycles. The van der Waals surface area contributed by atoms with Crippen molar-refractivity contribution in [3.63, 3.8) is 0 Å². The molecule has 0 radical (unpaired) electrons. The van der Waals surface area contributed by atoms with Gasteiger partial charge in [-0.25, -0.2) is 13.1 Å². The fourth-order valence-electron chi connectivity index (χ4n) is 1.48. The van der Waals surface area contributed by atoms with Gasteiger partial charge in [-0.3, -0.25) is 0 Å². The molecule has 0 aliphatic carbocycles. The molecule has 98 valence electrons. The first-order chi connectivity index (χ1) is 8.40. The van der Waals surface area contributed by atoms with Crippen LogP contribution in [0.4, 0.5) is 0 Å². The fraction of sp³-hybridized carbons (Fsp3) is 0.417. The minimum atomic E-state index is -3.51. The van der Waals surface area contributed by atoms with Crippen molar-refractivity contribution < 1.29 is 13.5 Å². The van der Waals surface area contributed by atoms with Crippen molar-refractivity contribution in [2.45, 2.75) is 30.7 Å². The Hall–Kier alpha value is -1.42. The van der Waals surface area contributed by atoms with Crippen molar-refractivity contribution in [1.82, 2.24) is 4.72 Å². The zero-order valence-electron chi connectivity index (χ0n) is 10.3. The van der Waals surface area contributed by atoms with E-state index >= 15 is 0 Å². The van der Waals surface area contributed by atoms with Crippen LogP contribution in [0.5, 0.6) is 0 Å². The van der Waals surface area contributed by atoms with Crippen LogP contribution in [-0.4, -0.2) is 26.2 Å². The van der Waals surface area contributed by atoms with Gasteiger partial charge in [0.15, 0.2) is 0 Å². The van der Waals surface area contributed by atoms with Crippen LogP contribution in [0.1, 0.15) is 25.3 Å². The molecule has 0 aliphatic rings. The number of sulfonamides is 1. The molecule has 0 fully saturated rings. The monoisotopic (exact) mass is 268 g/mol. The summed E-state index contributed by atoms with van der Waals surface area (Å²) in [5.41, 5.74) is 0.600. The molecule has 1 atom stereocenters. The van der Waals surface area contributed by atoms with Crippen molar-refractivity contribution >= 4 is 10.0 Å². The summed E-state index contributed by atoms with van der Waals surface area (Å²) in [4.78, 5) is 0.148. The molecular formula is C12H16N2O3S. The smallest absolute Gasteiger partial charge is 0.240 e. The van der Waals surface area contributed by atoms with Gasteiger partial charge in [0, 0.05) is 6.04 Å². The summed E-state index contributed by atoms with van der Waals surface area (Å²) in [6.45, 7) is 3.19. The number of rotatable bonds is 5. The number of hydrogen-bond acceptors (Lipinski definition) is 4. The van der Waals surface area contributed by atoms with E-state index in [9.17, 15) is 8.42 Å². The molecule has 0 bridgehead atoms. The molecule has 0 aromatic heterocycles. The zero-order valence-corrected chi connectivity index (χ0v) is 11.1. The van der Waals surface area contributed by atoms with Crippen molar-refractivity contribution in [3.05, 3.63) is 29.8 Å². The maximum atomic E-state index is 11.8. The predicted octanol–water partition coefficient (Wildman–Crippen LogP) is 0.973. The molecule has 0 spiro atoms. The van der Waals surface area contributed by atoms with Gasteiger partial charge in [-0.1, -0.05) is 12.1 Å². The third-order valence-corrected chi connectivity index (χ3v) is 4.00. The normalized spacial score (nSPS) is 13.3. The van der Waals surface area contributed by atoms with Gasteiger partial charge in [0.1, 0.15) is 0 Å². The molecular weight excluding hydrogens is 252 g/mol. The van der Waals surface area contributed by atoms with Crippen molar-refractivity contribution in [2.75, 3.05) is 6.61 Å². The van der Waals surface area contributed by atoms with E-state index in [0.717, 1.165) is 0 Å². The van der Waals surface area contributed by atoms with Crippen molar-refractivity contribution in [2.24, 2.45) is 0 Å². The number of nitrogens with zero attached hydrogens (tertiary/aromatic N) is 1. The van der Waals surface area contributed by atoms with E-state index in [1.54, 1.807) is 26.0 Å². The summed E-state index contributed by atoms with van der Waals surface area (Å²) in [5.74, 6) is -0.625. The average Bonchev–Trinajstić information content (AvgIpc) is 2.29. The van der Waals surface area contributed by atoms with Crippen LogP contribution in [-0.2, 0) is 10.0 Å². The second-order valence-corrected chi connectivity index (χ2v) is 5.92. The first-order valence-corrected chi connectivity index (χ1v) is 7.01. The molecule has 0 aliphatic heterocycles. The highest BCUT2D eigenvalue weighted by atomic mass is 32.2. The Kier molecular flexibility index (Phi) is 4.84. The van der Waals surface area contributed by atoms with Crippen LogP contribution in [0.15, 0.2) is 29.2 Å². The third kappa shape index (κ3) is 3.53. The van der Waals surface area contributed by atoms with Crippen LogP contribution in [0.25, 0.3) is 0 Å². The number of hydrogen-bond donors (Lipinski definition) is 2. The Morgan fingerprint density at radius 1 is 1.33 bits per heavy atom. The van der Waals surface area contributed by atoms with Gasteiger partial charge in [-0.2, -0.15) is 5.26 Å². The topological polar surface area (TPSA) is 90.2 Å². The van der Waals surface area contributed by atoms with Gasteiger partial charge >= 0.3 is 0 Å². The maximum Gasteiger partial charge on any atom is 0.240 e. The molecule has 5 nitrogen and oxygen atoms in total. The lowest BCUT2D eigenvalue weighted by atomic mass is 10.0. The SMILES string of the molecule is CC(C)NS(=O)(=O)c1ccc(C(C#N)CO)cc1. The Morgan fingerprint density at radius 3 is 2.28 bits per heavy atom. The van der Waals surface area contributed by atoms with Gasteiger partial charge in [0.2, 0.25) is 10.0 Å². The molecule has 18 heavy (non-hydrogen) atoms. The van der Waals surface area contributed by atoms with Crippen LogP contribution >= 0.6 is 0 Å². The Bertz CT molecular complexity index is 529. The summed E-state index contributed by atoms with van der Waals surface area (Å²) in [5, 5.41) is 17.8. The van der Waals surface area contributed by atoms with Gasteiger partial charge in [-0.05, 0) is 31.5 Å². The first kappa shape index (κ1) is 14.6. The largest absolute Gasteiger partial charge is 0.395 e. The lowest BCUT2D eigenvalue weighted by Gasteiger charge is -2.11. The molecule has 1 unspecified atom stereocenters. The lowest BCUT2D eigenvalue weighted by Crippen LogP contribution is -2.30. The number of nitrogens with one attached hydrogen (secondary N) is 1. The van der Waals surface area contributed by atoms with E-state index in [1.165, 1.54) is 12.1 Å². The highest BCUT2D eigenvalue weighted by molar-refractivity contribution is 7.89. The Balaban J connectivity index is 3.00. The van der Waals surface area contributed by atoms with E-state index < -0.39 is 15.9 Å². The Morgan fingerprint density at radius 2 is 1.89 bits per heavy atom. The van der Waals surface area contributed by atoms with E-state index in [0.29, 0.717) is 5.56 Å².